The molecule has 5 aliphatic carbocycles. The van der Waals surface area contributed by atoms with Crippen LogP contribution in [0.5, 0.6) is 0 Å². The molecule has 4 fully saturated rings. The van der Waals surface area contributed by atoms with Gasteiger partial charge in [-0.25, -0.2) is 0 Å². The molecule has 0 unspecified atom stereocenters. The Morgan fingerprint density at radius 2 is 1.21 bits per heavy atom. The van der Waals surface area contributed by atoms with Gasteiger partial charge >= 0.3 is 0 Å². The van der Waals surface area contributed by atoms with Crippen molar-refractivity contribution in [3.8, 4) is 39.4 Å². The predicted octanol–water partition coefficient (Wildman–Crippen LogP) is 14.0. The van der Waals surface area contributed by atoms with Gasteiger partial charge in [0.15, 0.2) is 0 Å². The standard InChI is InChI=1S/C53H40N2O/c54-32-33-10-8-13-41(29-33)55(48-17-9-19-51-52(48)45-15-5-7-18-50(45)56-51)49-31-37(36-11-2-1-3-12-36)20-22-42(49)38-21-23-44-43-14-4-6-16-46(43)53(47(44)30-38)39-25-34-24-35(27-39)28-40(53)26-34/h1-23,29-31,34-35,39-40H,24-28H2. The van der Waals surface area contributed by atoms with Gasteiger partial charge in [-0.2, -0.15) is 5.26 Å². The first kappa shape index (κ1) is 31.9. The number of benzene rings is 7. The van der Waals surface area contributed by atoms with Gasteiger partial charge in [0, 0.05) is 22.1 Å². The number of nitriles is 1. The highest BCUT2D eigenvalue weighted by molar-refractivity contribution is 6.14. The largest absolute Gasteiger partial charge is 0.456 e. The summed E-state index contributed by atoms with van der Waals surface area (Å²) in [5.74, 6) is 3.15. The van der Waals surface area contributed by atoms with E-state index in [1.165, 1.54) is 48.8 Å². The van der Waals surface area contributed by atoms with Crippen LogP contribution in [-0.4, -0.2) is 0 Å². The lowest BCUT2D eigenvalue weighted by Crippen LogP contribution is -2.55. The van der Waals surface area contributed by atoms with Gasteiger partial charge in [0.05, 0.1) is 28.4 Å². The maximum Gasteiger partial charge on any atom is 0.137 e. The normalized spacial score (nSPS) is 22.7. The van der Waals surface area contributed by atoms with E-state index in [1.807, 2.05) is 30.3 Å². The number of hydrogen-bond donors (Lipinski definition) is 0. The van der Waals surface area contributed by atoms with E-state index in [0.29, 0.717) is 17.4 Å². The van der Waals surface area contributed by atoms with Gasteiger partial charge in [0.1, 0.15) is 11.2 Å². The molecule has 0 atom stereocenters. The number of nitrogens with zero attached hydrogens (tertiary/aromatic N) is 2. The van der Waals surface area contributed by atoms with E-state index >= 15 is 0 Å². The topological polar surface area (TPSA) is 40.2 Å². The van der Waals surface area contributed by atoms with E-state index in [9.17, 15) is 5.26 Å². The van der Waals surface area contributed by atoms with Crippen molar-refractivity contribution in [1.82, 2.24) is 0 Å². The molecule has 7 aromatic carbocycles. The Balaban J connectivity index is 1.13. The maximum absolute atomic E-state index is 10.2. The molecule has 1 spiro atoms. The summed E-state index contributed by atoms with van der Waals surface area (Å²) in [5, 5.41) is 12.3. The van der Waals surface area contributed by atoms with E-state index in [4.69, 9.17) is 4.42 Å². The van der Waals surface area contributed by atoms with Crippen LogP contribution in [0.2, 0.25) is 0 Å². The molecule has 1 aromatic heterocycles. The third kappa shape index (κ3) is 4.50. The lowest BCUT2D eigenvalue weighted by atomic mass is 9.43. The zero-order valence-corrected chi connectivity index (χ0v) is 31.2. The SMILES string of the molecule is N#Cc1cccc(N(c2cc(-c3ccccc3)ccc2-c2ccc3c(c2)C2(c4ccccc4-3)C3CC4CC(C3)CC2C4)c2cccc3oc4ccccc4c23)c1. The predicted molar refractivity (Wildman–Crippen MR) is 227 cm³/mol. The van der Waals surface area contributed by atoms with Crippen LogP contribution in [0.4, 0.5) is 17.1 Å². The fourth-order valence-electron chi connectivity index (χ4n) is 12.2. The second-order valence-electron chi connectivity index (χ2n) is 16.8. The second kappa shape index (κ2) is 12.1. The molecule has 0 aliphatic heterocycles. The summed E-state index contributed by atoms with van der Waals surface area (Å²) < 4.78 is 6.48. The summed E-state index contributed by atoms with van der Waals surface area (Å²) in [6.07, 6.45) is 6.86. The van der Waals surface area contributed by atoms with E-state index in [-0.39, 0.29) is 5.41 Å². The molecule has 4 saturated carbocycles. The molecule has 4 bridgehead atoms. The molecule has 8 aromatic rings. The Hall–Kier alpha value is -6.37. The molecule has 0 saturated heterocycles. The Morgan fingerprint density at radius 3 is 2.05 bits per heavy atom. The zero-order chi connectivity index (χ0) is 37.0. The van der Waals surface area contributed by atoms with E-state index in [1.54, 1.807) is 11.1 Å². The Labute approximate surface area is 327 Å². The number of fused-ring (bicyclic) bond motifs is 6. The van der Waals surface area contributed by atoms with Crippen molar-refractivity contribution in [2.24, 2.45) is 23.7 Å². The fraction of sp³-hybridized carbons (Fsp3) is 0.189. The zero-order valence-electron chi connectivity index (χ0n) is 31.2. The number of furan rings is 1. The molecule has 0 radical (unpaired) electrons. The van der Waals surface area contributed by atoms with E-state index in [0.717, 1.165) is 67.5 Å². The minimum atomic E-state index is 0.0710. The van der Waals surface area contributed by atoms with Gasteiger partial charge in [-0.1, -0.05) is 109 Å². The lowest BCUT2D eigenvalue weighted by Gasteiger charge is -2.61. The van der Waals surface area contributed by atoms with Gasteiger partial charge in [-0.05, 0) is 143 Å². The first-order valence-electron chi connectivity index (χ1n) is 20.3. The molecule has 0 N–H and O–H groups in total. The summed E-state index contributed by atoms with van der Waals surface area (Å²) in [6.45, 7) is 0. The molecule has 13 rings (SSSR count). The minimum Gasteiger partial charge on any atom is -0.456 e. The van der Waals surface area contributed by atoms with Gasteiger partial charge in [-0.3, -0.25) is 0 Å². The number of rotatable bonds is 5. The Morgan fingerprint density at radius 1 is 0.518 bits per heavy atom. The van der Waals surface area contributed by atoms with Crippen molar-refractivity contribution in [2.75, 3.05) is 4.90 Å². The van der Waals surface area contributed by atoms with Crippen LogP contribution in [0.15, 0.2) is 162 Å². The summed E-state index contributed by atoms with van der Waals surface area (Å²) in [7, 11) is 0. The number of anilines is 3. The van der Waals surface area contributed by atoms with E-state index in [2.05, 4.69) is 138 Å². The first-order chi connectivity index (χ1) is 27.7. The Kier molecular flexibility index (Phi) is 6.88. The van der Waals surface area contributed by atoms with Crippen molar-refractivity contribution in [3.05, 3.63) is 174 Å². The molecule has 0 amide bonds. The van der Waals surface area contributed by atoms with Crippen LogP contribution in [0.3, 0.4) is 0 Å². The molecular formula is C53H40N2O. The summed E-state index contributed by atoms with van der Waals surface area (Å²) in [6, 6.07) is 59.5. The summed E-state index contributed by atoms with van der Waals surface area (Å²) in [5.41, 5.74) is 16.1. The molecule has 268 valence electrons. The van der Waals surface area contributed by atoms with Gasteiger partial charge in [-0.15, -0.1) is 0 Å². The lowest BCUT2D eigenvalue weighted by molar-refractivity contribution is -0.0399. The molecule has 3 heteroatoms. The highest BCUT2D eigenvalue weighted by Gasteiger charge is 2.61. The fourth-order valence-corrected chi connectivity index (χ4v) is 12.2. The molecule has 56 heavy (non-hydrogen) atoms. The van der Waals surface area contributed by atoms with Crippen LogP contribution in [0, 0.1) is 35.0 Å². The summed E-state index contributed by atoms with van der Waals surface area (Å²) >= 11 is 0. The van der Waals surface area contributed by atoms with E-state index < -0.39 is 0 Å². The van der Waals surface area contributed by atoms with Crippen LogP contribution in [-0.2, 0) is 5.41 Å². The average Bonchev–Trinajstić information content (AvgIpc) is 3.77. The van der Waals surface area contributed by atoms with Crippen molar-refractivity contribution in [2.45, 2.75) is 37.5 Å². The second-order valence-corrected chi connectivity index (χ2v) is 16.8. The van der Waals surface area contributed by atoms with Crippen molar-refractivity contribution in [3.63, 3.8) is 0 Å². The number of para-hydroxylation sites is 1. The minimum absolute atomic E-state index is 0.0710. The first-order valence-corrected chi connectivity index (χ1v) is 20.3. The van der Waals surface area contributed by atoms with Gasteiger partial charge < -0.3 is 9.32 Å². The smallest absolute Gasteiger partial charge is 0.137 e. The molecule has 5 aliphatic rings. The van der Waals surface area contributed by atoms with Crippen LogP contribution < -0.4 is 4.90 Å². The van der Waals surface area contributed by atoms with Crippen molar-refractivity contribution in [1.29, 1.82) is 5.26 Å². The monoisotopic (exact) mass is 720 g/mol. The van der Waals surface area contributed by atoms with Crippen LogP contribution in [0.25, 0.3) is 55.3 Å². The quantitative estimate of drug-likeness (QED) is 0.178. The molecule has 1 heterocycles. The Bertz CT molecular complexity index is 2880. The maximum atomic E-state index is 10.2. The average molecular weight is 721 g/mol. The highest BCUT2D eigenvalue weighted by atomic mass is 16.3. The molecular weight excluding hydrogens is 681 g/mol. The third-order valence-corrected chi connectivity index (χ3v) is 14.1. The highest BCUT2D eigenvalue weighted by Crippen LogP contribution is 2.69. The molecule has 3 nitrogen and oxygen atoms in total. The van der Waals surface area contributed by atoms with Crippen LogP contribution >= 0.6 is 0 Å². The van der Waals surface area contributed by atoms with Gasteiger partial charge in [0.2, 0.25) is 0 Å². The summed E-state index contributed by atoms with van der Waals surface area (Å²) in [4.78, 5) is 2.37. The van der Waals surface area contributed by atoms with Crippen molar-refractivity contribution < 1.29 is 4.42 Å². The van der Waals surface area contributed by atoms with Crippen molar-refractivity contribution >= 4 is 39.0 Å². The third-order valence-electron chi connectivity index (χ3n) is 14.1. The van der Waals surface area contributed by atoms with Crippen LogP contribution in [0.1, 0.15) is 48.8 Å². The number of hydrogen-bond acceptors (Lipinski definition) is 3. The van der Waals surface area contributed by atoms with Gasteiger partial charge in [0.25, 0.3) is 0 Å².